The Bertz CT molecular complexity index is 292. The Morgan fingerprint density at radius 2 is 2.20 bits per heavy atom. The van der Waals surface area contributed by atoms with E-state index in [-0.39, 0.29) is 0 Å². The predicted molar refractivity (Wildman–Crippen MR) is 57.6 cm³/mol. The molecule has 0 fully saturated rings. The number of hydrogen-bond acceptors (Lipinski definition) is 5. The number of hydrogen-bond donors (Lipinski definition) is 1. The fraction of sp³-hybridized carbons (Fsp3) is 0.600. The van der Waals surface area contributed by atoms with Crippen LogP contribution in [0.5, 0.6) is 6.01 Å². The van der Waals surface area contributed by atoms with E-state index in [1.807, 2.05) is 0 Å². The first kappa shape index (κ1) is 11.7. The molecule has 1 heterocycles. The van der Waals surface area contributed by atoms with Crippen molar-refractivity contribution >= 4 is 5.82 Å². The molecule has 84 valence electrons. The van der Waals surface area contributed by atoms with Crippen LogP contribution in [0.25, 0.3) is 0 Å². The molecule has 0 unspecified atom stereocenters. The van der Waals surface area contributed by atoms with Gasteiger partial charge in [0.2, 0.25) is 0 Å². The molecular formula is C10H17N3O2. The van der Waals surface area contributed by atoms with Gasteiger partial charge in [-0.2, -0.15) is 4.98 Å². The fourth-order valence-corrected chi connectivity index (χ4v) is 0.934. The molecule has 1 aromatic rings. The first-order valence-electron chi connectivity index (χ1n) is 4.97. The van der Waals surface area contributed by atoms with E-state index >= 15 is 0 Å². The zero-order valence-corrected chi connectivity index (χ0v) is 9.14. The highest BCUT2D eigenvalue weighted by Gasteiger charge is 1.98. The Labute approximate surface area is 89.6 Å². The second-order valence-corrected chi connectivity index (χ2v) is 3.58. The standard InChI is InChI=1S/C10H17N3O2/c1-8(2)7-14-5-6-15-10-12-4-3-9(11)13-10/h3-4,8H,5-7H2,1-2H3,(H2,11,12,13). The zero-order chi connectivity index (χ0) is 11.1. The molecule has 0 aliphatic heterocycles. The van der Waals surface area contributed by atoms with Gasteiger partial charge in [0.25, 0.3) is 0 Å². The van der Waals surface area contributed by atoms with Gasteiger partial charge in [0.05, 0.1) is 6.61 Å². The number of nitrogen functional groups attached to an aromatic ring is 1. The molecular weight excluding hydrogens is 194 g/mol. The highest BCUT2D eigenvalue weighted by atomic mass is 16.5. The highest BCUT2D eigenvalue weighted by molar-refractivity contribution is 5.26. The van der Waals surface area contributed by atoms with Crippen LogP contribution in [0.2, 0.25) is 0 Å². The Morgan fingerprint density at radius 3 is 2.87 bits per heavy atom. The van der Waals surface area contributed by atoms with Crippen molar-refractivity contribution in [2.24, 2.45) is 5.92 Å². The molecule has 0 aliphatic carbocycles. The van der Waals surface area contributed by atoms with Gasteiger partial charge in [-0.15, -0.1) is 0 Å². The van der Waals surface area contributed by atoms with E-state index in [0.29, 0.717) is 31.0 Å². The minimum absolute atomic E-state index is 0.295. The number of aromatic nitrogens is 2. The van der Waals surface area contributed by atoms with Crippen molar-refractivity contribution in [1.29, 1.82) is 0 Å². The molecule has 1 rings (SSSR count). The number of rotatable bonds is 6. The van der Waals surface area contributed by atoms with E-state index in [1.54, 1.807) is 12.3 Å². The number of nitrogens with zero attached hydrogens (tertiary/aromatic N) is 2. The molecule has 5 nitrogen and oxygen atoms in total. The number of anilines is 1. The molecule has 15 heavy (non-hydrogen) atoms. The third kappa shape index (κ3) is 5.17. The second-order valence-electron chi connectivity index (χ2n) is 3.58. The predicted octanol–water partition coefficient (Wildman–Crippen LogP) is 1.11. The van der Waals surface area contributed by atoms with E-state index in [4.69, 9.17) is 15.2 Å². The fourth-order valence-electron chi connectivity index (χ4n) is 0.934. The normalized spacial score (nSPS) is 10.6. The molecule has 0 radical (unpaired) electrons. The highest BCUT2D eigenvalue weighted by Crippen LogP contribution is 2.03. The summed E-state index contributed by atoms with van der Waals surface area (Å²) in [4.78, 5) is 7.80. The maximum absolute atomic E-state index is 5.47. The van der Waals surface area contributed by atoms with Crippen molar-refractivity contribution < 1.29 is 9.47 Å². The van der Waals surface area contributed by atoms with Crippen molar-refractivity contribution in [2.75, 3.05) is 25.6 Å². The van der Waals surface area contributed by atoms with Gasteiger partial charge in [0, 0.05) is 12.8 Å². The quantitative estimate of drug-likeness (QED) is 0.714. The SMILES string of the molecule is CC(C)COCCOc1nccc(N)n1. The van der Waals surface area contributed by atoms with E-state index in [9.17, 15) is 0 Å². The number of nitrogens with two attached hydrogens (primary N) is 1. The Kier molecular flexibility index (Phi) is 4.83. The Hall–Kier alpha value is -1.36. The van der Waals surface area contributed by atoms with Crippen LogP contribution in [-0.4, -0.2) is 29.8 Å². The summed E-state index contributed by atoms with van der Waals surface area (Å²) in [7, 11) is 0. The van der Waals surface area contributed by atoms with Gasteiger partial charge in [0.15, 0.2) is 0 Å². The molecule has 0 spiro atoms. The second kappa shape index (κ2) is 6.19. The van der Waals surface area contributed by atoms with Gasteiger partial charge >= 0.3 is 6.01 Å². The van der Waals surface area contributed by atoms with E-state index < -0.39 is 0 Å². The third-order valence-electron chi connectivity index (χ3n) is 1.57. The molecule has 2 N–H and O–H groups in total. The summed E-state index contributed by atoms with van der Waals surface area (Å²) in [5.74, 6) is 0.941. The molecule has 0 aliphatic rings. The first-order valence-corrected chi connectivity index (χ1v) is 4.97. The summed E-state index contributed by atoms with van der Waals surface area (Å²) >= 11 is 0. The summed E-state index contributed by atoms with van der Waals surface area (Å²) in [5, 5.41) is 0. The maximum Gasteiger partial charge on any atom is 0.318 e. The number of ether oxygens (including phenoxy) is 2. The van der Waals surface area contributed by atoms with Gasteiger partial charge in [0.1, 0.15) is 12.4 Å². The molecule has 0 atom stereocenters. The van der Waals surface area contributed by atoms with Crippen molar-refractivity contribution in [3.63, 3.8) is 0 Å². The van der Waals surface area contributed by atoms with Crippen molar-refractivity contribution in [1.82, 2.24) is 9.97 Å². The lowest BCUT2D eigenvalue weighted by Crippen LogP contribution is -2.11. The smallest absolute Gasteiger partial charge is 0.318 e. The van der Waals surface area contributed by atoms with Gasteiger partial charge in [-0.25, -0.2) is 4.98 Å². The van der Waals surface area contributed by atoms with Crippen LogP contribution in [0.15, 0.2) is 12.3 Å². The molecule has 1 aromatic heterocycles. The van der Waals surface area contributed by atoms with Crippen LogP contribution >= 0.6 is 0 Å². The summed E-state index contributed by atoms with van der Waals surface area (Å²) in [6.07, 6.45) is 1.56. The van der Waals surface area contributed by atoms with Crippen molar-refractivity contribution in [3.8, 4) is 6.01 Å². The topological polar surface area (TPSA) is 70.3 Å². The Balaban J connectivity index is 2.15. The summed E-state index contributed by atoms with van der Waals surface area (Å²) < 4.78 is 10.6. The van der Waals surface area contributed by atoms with Gasteiger partial charge in [-0.1, -0.05) is 13.8 Å². The average Bonchev–Trinajstić information content (AvgIpc) is 2.17. The van der Waals surface area contributed by atoms with Crippen molar-refractivity contribution in [2.45, 2.75) is 13.8 Å². The van der Waals surface area contributed by atoms with Crippen LogP contribution in [0.4, 0.5) is 5.82 Å². The lowest BCUT2D eigenvalue weighted by molar-refractivity contribution is 0.0792. The molecule has 0 aromatic carbocycles. The van der Waals surface area contributed by atoms with E-state index in [1.165, 1.54) is 0 Å². The first-order chi connectivity index (χ1) is 7.18. The van der Waals surface area contributed by atoms with Crippen LogP contribution < -0.4 is 10.5 Å². The van der Waals surface area contributed by atoms with Crippen LogP contribution in [-0.2, 0) is 4.74 Å². The Morgan fingerprint density at radius 1 is 1.40 bits per heavy atom. The van der Waals surface area contributed by atoms with Gasteiger partial charge in [-0.3, -0.25) is 0 Å². The van der Waals surface area contributed by atoms with Crippen LogP contribution in [0.1, 0.15) is 13.8 Å². The lowest BCUT2D eigenvalue weighted by atomic mass is 10.2. The lowest BCUT2D eigenvalue weighted by Gasteiger charge is -2.07. The molecule has 0 saturated carbocycles. The zero-order valence-electron chi connectivity index (χ0n) is 9.14. The van der Waals surface area contributed by atoms with E-state index in [0.717, 1.165) is 6.61 Å². The minimum atomic E-state index is 0.295. The van der Waals surface area contributed by atoms with E-state index in [2.05, 4.69) is 23.8 Å². The third-order valence-corrected chi connectivity index (χ3v) is 1.57. The minimum Gasteiger partial charge on any atom is -0.461 e. The van der Waals surface area contributed by atoms with Crippen molar-refractivity contribution in [3.05, 3.63) is 12.3 Å². The van der Waals surface area contributed by atoms with Crippen LogP contribution in [0, 0.1) is 5.92 Å². The summed E-state index contributed by atoms with van der Waals surface area (Å²) in [5.41, 5.74) is 5.47. The summed E-state index contributed by atoms with van der Waals surface area (Å²) in [6.45, 7) is 5.91. The average molecular weight is 211 g/mol. The van der Waals surface area contributed by atoms with Gasteiger partial charge < -0.3 is 15.2 Å². The van der Waals surface area contributed by atoms with Crippen LogP contribution in [0.3, 0.4) is 0 Å². The maximum atomic E-state index is 5.47. The summed E-state index contributed by atoms with van der Waals surface area (Å²) in [6, 6.07) is 1.91. The monoisotopic (exact) mass is 211 g/mol. The molecule has 5 heteroatoms. The van der Waals surface area contributed by atoms with Gasteiger partial charge in [-0.05, 0) is 12.0 Å². The molecule has 0 amide bonds. The molecule has 0 bridgehead atoms. The molecule has 0 saturated heterocycles. The largest absolute Gasteiger partial charge is 0.461 e.